The molecule has 0 radical (unpaired) electrons. The first kappa shape index (κ1) is 19.2. The van der Waals surface area contributed by atoms with E-state index in [1.54, 1.807) is 31.0 Å². The van der Waals surface area contributed by atoms with E-state index in [4.69, 9.17) is 5.73 Å². The van der Waals surface area contributed by atoms with Gasteiger partial charge in [0.05, 0.1) is 17.8 Å². The fourth-order valence-electron chi connectivity index (χ4n) is 2.62. The van der Waals surface area contributed by atoms with Gasteiger partial charge in [-0.25, -0.2) is 4.99 Å². The number of pyridine rings is 1. The van der Waals surface area contributed by atoms with Crippen molar-refractivity contribution >= 4 is 11.9 Å². The van der Waals surface area contributed by atoms with Crippen molar-refractivity contribution in [3.63, 3.8) is 0 Å². The highest BCUT2D eigenvalue weighted by molar-refractivity contribution is 5.98. The molecule has 1 atom stereocenters. The standard InChI is InChI=1S/C17H18N6O.C2H6/c1-4-5-11-6-12(10-19-9-11)13-7-15(23(3)21-13)14-8-16(24)22(2)17(18)20-14;1-2/h6-7,9-10,14H,8H2,1-3H3,(H2,18,20);1-2H3. The van der Waals surface area contributed by atoms with Crippen LogP contribution in [0.4, 0.5) is 0 Å². The van der Waals surface area contributed by atoms with Crippen LogP contribution in [0.15, 0.2) is 29.5 Å². The van der Waals surface area contributed by atoms with Crippen molar-refractivity contribution in [2.45, 2.75) is 33.2 Å². The van der Waals surface area contributed by atoms with Gasteiger partial charge in [0.2, 0.25) is 5.91 Å². The quantitative estimate of drug-likeness (QED) is 0.838. The zero-order valence-electron chi connectivity index (χ0n) is 15.8. The summed E-state index contributed by atoms with van der Waals surface area (Å²) in [6.07, 6.45) is 3.73. The highest BCUT2D eigenvalue weighted by atomic mass is 16.2. The monoisotopic (exact) mass is 352 g/mol. The third kappa shape index (κ3) is 3.91. The summed E-state index contributed by atoms with van der Waals surface area (Å²) in [5.41, 5.74) is 9.12. The van der Waals surface area contributed by atoms with Crippen molar-refractivity contribution < 1.29 is 4.79 Å². The lowest BCUT2D eigenvalue weighted by molar-refractivity contribution is -0.127. The average molecular weight is 352 g/mol. The molecule has 136 valence electrons. The Morgan fingerprint density at radius 2 is 1.96 bits per heavy atom. The van der Waals surface area contributed by atoms with E-state index in [-0.39, 0.29) is 24.3 Å². The Morgan fingerprint density at radius 1 is 1.23 bits per heavy atom. The summed E-state index contributed by atoms with van der Waals surface area (Å²) in [6.45, 7) is 5.78. The number of hydrogen-bond donors (Lipinski definition) is 1. The summed E-state index contributed by atoms with van der Waals surface area (Å²) in [5.74, 6) is 6.00. The lowest BCUT2D eigenvalue weighted by Crippen LogP contribution is -2.43. The number of carbonyl (C=O) groups is 1. The molecule has 0 aliphatic carbocycles. The van der Waals surface area contributed by atoms with Gasteiger partial charge in [-0.3, -0.25) is 19.4 Å². The molecular weight excluding hydrogens is 328 g/mol. The molecule has 0 saturated carbocycles. The second kappa shape index (κ2) is 8.30. The third-order valence-electron chi connectivity index (χ3n) is 3.93. The Labute approximate surface area is 153 Å². The number of guanidine groups is 1. The van der Waals surface area contributed by atoms with Gasteiger partial charge in [-0.05, 0) is 19.1 Å². The fraction of sp³-hybridized carbons (Fsp3) is 0.368. The van der Waals surface area contributed by atoms with Crippen molar-refractivity contribution in [2.75, 3.05) is 7.05 Å². The summed E-state index contributed by atoms with van der Waals surface area (Å²) in [4.78, 5) is 22.0. The lowest BCUT2D eigenvalue weighted by Gasteiger charge is -2.25. The van der Waals surface area contributed by atoms with Crippen molar-refractivity contribution in [1.82, 2.24) is 19.7 Å². The first-order chi connectivity index (χ1) is 12.5. The van der Waals surface area contributed by atoms with Gasteiger partial charge in [-0.2, -0.15) is 5.10 Å². The number of aliphatic imine (C=N–C) groups is 1. The number of amides is 1. The van der Waals surface area contributed by atoms with Crippen LogP contribution < -0.4 is 5.73 Å². The molecule has 26 heavy (non-hydrogen) atoms. The number of carbonyl (C=O) groups excluding carboxylic acids is 1. The van der Waals surface area contributed by atoms with Gasteiger partial charge in [-0.15, -0.1) is 5.92 Å². The number of nitrogens with zero attached hydrogens (tertiary/aromatic N) is 5. The summed E-state index contributed by atoms with van der Waals surface area (Å²) >= 11 is 0. The highest BCUT2D eigenvalue weighted by Crippen LogP contribution is 2.28. The molecule has 2 N–H and O–H groups in total. The summed E-state index contributed by atoms with van der Waals surface area (Å²) in [7, 11) is 3.45. The van der Waals surface area contributed by atoms with E-state index in [0.717, 1.165) is 22.5 Å². The average Bonchev–Trinajstić information content (AvgIpc) is 3.03. The molecule has 1 unspecified atom stereocenters. The molecule has 7 nitrogen and oxygen atoms in total. The molecule has 1 aliphatic heterocycles. The van der Waals surface area contributed by atoms with Gasteiger partial charge in [0, 0.05) is 37.6 Å². The van der Waals surface area contributed by atoms with Crippen LogP contribution in [0, 0.1) is 11.8 Å². The number of rotatable bonds is 2. The summed E-state index contributed by atoms with van der Waals surface area (Å²) in [6, 6.07) is 3.53. The molecule has 0 bridgehead atoms. The second-order valence-corrected chi connectivity index (χ2v) is 5.58. The van der Waals surface area contributed by atoms with Crippen molar-refractivity contribution in [1.29, 1.82) is 0 Å². The zero-order chi connectivity index (χ0) is 19.3. The van der Waals surface area contributed by atoms with Gasteiger partial charge in [0.1, 0.15) is 6.04 Å². The molecule has 0 aromatic carbocycles. The van der Waals surface area contributed by atoms with Crippen LogP contribution >= 0.6 is 0 Å². The normalized spacial score (nSPS) is 16.2. The van der Waals surface area contributed by atoms with Crippen LogP contribution in [0.1, 0.15) is 44.5 Å². The van der Waals surface area contributed by atoms with Gasteiger partial charge < -0.3 is 5.73 Å². The summed E-state index contributed by atoms with van der Waals surface area (Å²) < 4.78 is 1.73. The molecule has 1 aliphatic rings. The Bertz CT molecular complexity index is 887. The smallest absolute Gasteiger partial charge is 0.231 e. The molecule has 7 heteroatoms. The minimum absolute atomic E-state index is 0.0582. The Morgan fingerprint density at radius 3 is 2.62 bits per heavy atom. The number of nitrogens with two attached hydrogens (primary N) is 1. The maximum Gasteiger partial charge on any atom is 0.231 e. The molecule has 1 amide bonds. The highest BCUT2D eigenvalue weighted by Gasteiger charge is 2.28. The molecule has 0 spiro atoms. The first-order valence-corrected chi connectivity index (χ1v) is 8.51. The third-order valence-corrected chi connectivity index (χ3v) is 3.93. The Kier molecular flexibility index (Phi) is 6.12. The Balaban J connectivity index is 0.00000117. The molecular formula is C19H24N6O. The lowest BCUT2D eigenvalue weighted by atomic mass is 10.1. The van der Waals surface area contributed by atoms with Crippen LogP contribution in [-0.2, 0) is 11.8 Å². The van der Waals surface area contributed by atoms with Gasteiger partial charge in [-0.1, -0.05) is 19.8 Å². The second-order valence-electron chi connectivity index (χ2n) is 5.58. The van der Waals surface area contributed by atoms with E-state index in [1.807, 2.05) is 33.0 Å². The largest absolute Gasteiger partial charge is 0.369 e. The van der Waals surface area contributed by atoms with E-state index in [1.165, 1.54) is 4.90 Å². The van der Waals surface area contributed by atoms with Gasteiger partial charge in [0.25, 0.3) is 0 Å². The van der Waals surface area contributed by atoms with Crippen LogP contribution in [0.25, 0.3) is 11.3 Å². The van der Waals surface area contributed by atoms with Crippen LogP contribution in [0.5, 0.6) is 0 Å². The summed E-state index contributed by atoms with van der Waals surface area (Å²) in [5, 5.41) is 4.52. The van der Waals surface area contributed by atoms with Crippen molar-refractivity contribution in [2.24, 2.45) is 17.8 Å². The van der Waals surface area contributed by atoms with Crippen molar-refractivity contribution in [3.05, 3.63) is 35.8 Å². The van der Waals surface area contributed by atoms with Gasteiger partial charge >= 0.3 is 0 Å². The Hall–Kier alpha value is -3.14. The molecule has 0 fully saturated rings. The van der Waals surface area contributed by atoms with Crippen molar-refractivity contribution in [3.8, 4) is 23.1 Å². The predicted octanol–water partition coefficient (Wildman–Crippen LogP) is 2.10. The van der Waals surface area contributed by atoms with Crippen LogP contribution in [0.3, 0.4) is 0 Å². The maximum atomic E-state index is 12.0. The fourth-order valence-corrected chi connectivity index (χ4v) is 2.62. The first-order valence-electron chi connectivity index (χ1n) is 8.51. The van der Waals surface area contributed by atoms with E-state index >= 15 is 0 Å². The molecule has 3 rings (SSSR count). The van der Waals surface area contributed by atoms with E-state index in [9.17, 15) is 4.79 Å². The molecule has 3 heterocycles. The number of hydrogen-bond acceptors (Lipinski definition) is 5. The topological polar surface area (TPSA) is 89.4 Å². The van der Waals surface area contributed by atoms with E-state index in [2.05, 4.69) is 26.9 Å². The van der Waals surface area contributed by atoms with E-state index in [0.29, 0.717) is 0 Å². The minimum Gasteiger partial charge on any atom is -0.369 e. The predicted molar refractivity (Wildman–Crippen MR) is 102 cm³/mol. The maximum absolute atomic E-state index is 12.0. The van der Waals surface area contributed by atoms with E-state index < -0.39 is 0 Å². The SMILES string of the molecule is CC.CC#Cc1cncc(-c2cc(C3CC(=O)N(C)C(N)=N3)n(C)n2)c1. The van der Waals surface area contributed by atoms with Gasteiger partial charge in [0.15, 0.2) is 5.96 Å². The minimum atomic E-state index is -0.327. The number of aryl methyl sites for hydroxylation is 1. The van der Waals surface area contributed by atoms with Crippen LogP contribution in [0.2, 0.25) is 0 Å². The molecule has 0 saturated heterocycles. The van der Waals surface area contributed by atoms with Crippen LogP contribution in [-0.4, -0.2) is 38.6 Å². The molecule has 2 aromatic rings. The number of aromatic nitrogens is 3. The zero-order valence-corrected chi connectivity index (χ0v) is 15.8. The molecule has 2 aromatic heterocycles.